The summed E-state index contributed by atoms with van der Waals surface area (Å²) in [6.45, 7) is 2.21. The van der Waals surface area contributed by atoms with Gasteiger partial charge >= 0.3 is 5.97 Å². The maximum Gasteiger partial charge on any atom is 0.339 e. The minimum absolute atomic E-state index is 0.184. The molecule has 0 aliphatic rings. The summed E-state index contributed by atoms with van der Waals surface area (Å²) in [7, 11) is 2.93. The van der Waals surface area contributed by atoms with E-state index in [2.05, 4.69) is 0 Å². The third-order valence-corrected chi connectivity index (χ3v) is 2.30. The Balaban J connectivity index is 3.18. The van der Waals surface area contributed by atoms with Crippen molar-refractivity contribution in [3.05, 3.63) is 23.3 Å². The Labute approximate surface area is 106 Å². The summed E-state index contributed by atoms with van der Waals surface area (Å²) in [4.78, 5) is 11.8. The van der Waals surface area contributed by atoms with Crippen LogP contribution in [-0.2, 0) is 4.74 Å². The van der Waals surface area contributed by atoms with Gasteiger partial charge in [-0.3, -0.25) is 0 Å². The fourth-order valence-corrected chi connectivity index (χ4v) is 1.41. The fourth-order valence-electron chi connectivity index (χ4n) is 1.41. The van der Waals surface area contributed by atoms with Crippen LogP contribution in [0.2, 0.25) is 0 Å². The van der Waals surface area contributed by atoms with E-state index in [9.17, 15) is 4.79 Å². The predicted octanol–water partition coefficient (Wildman–Crippen LogP) is 2.14. The molecule has 0 aliphatic carbocycles. The van der Waals surface area contributed by atoms with Gasteiger partial charge in [0.15, 0.2) is 11.5 Å². The number of rotatable bonds is 5. The quantitative estimate of drug-likeness (QED) is 0.748. The molecule has 0 bridgehead atoms. The summed E-state index contributed by atoms with van der Waals surface area (Å²) in [6, 6.07) is 4.86. The normalized spacial score (nSPS) is 9.44. The first-order valence-electron chi connectivity index (χ1n) is 5.51. The van der Waals surface area contributed by atoms with E-state index >= 15 is 0 Å². The largest absolute Gasteiger partial charge is 0.493 e. The van der Waals surface area contributed by atoms with E-state index in [0.29, 0.717) is 18.1 Å². The molecule has 0 fully saturated rings. The number of carbonyl (C=O) groups excluding carboxylic acids is 1. The van der Waals surface area contributed by atoms with Crippen molar-refractivity contribution in [2.45, 2.75) is 13.3 Å². The average Bonchev–Trinajstić information content (AvgIpc) is 2.42. The van der Waals surface area contributed by atoms with Crippen molar-refractivity contribution in [2.75, 3.05) is 20.8 Å². The summed E-state index contributed by atoms with van der Waals surface area (Å²) in [5.74, 6) is 0.260. The molecular weight excluding hydrogens is 234 g/mol. The van der Waals surface area contributed by atoms with E-state index in [-0.39, 0.29) is 11.1 Å². The second-order valence-electron chi connectivity index (χ2n) is 3.50. The molecular formula is C13H15NO4. The number of carbonyl (C=O) groups is 1. The summed E-state index contributed by atoms with van der Waals surface area (Å²) in [5.41, 5.74) is 0.386. The number of methoxy groups -OCH3 is 2. The lowest BCUT2D eigenvalue weighted by Gasteiger charge is -2.11. The molecule has 1 aromatic rings. The molecule has 0 spiro atoms. The topological polar surface area (TPSA) is 68.6 Å². The van der Waals surface area contributed by atoms with Crippen molar-refractivity contribution in [2.24, 2.45) is 0 Å². The number of esters is 1. The summed E-state index contributed by atoms with van der Waals surface area (Å²) in [5, 5.41) is 9.02. The van der Waals surface area contributed by atoms with Crippen LogP contribution in [0.4, 0.5) is 0 Å². The number of nitrogens with zero attached hydrogens (tertiary/aromatic N) is 1. The van der Waals surface area contributed by atoms with Gasteiger partial charge in [0, 0.05) is 6.07 Å². The SMILES string of the molecule is CCCOC(=O)c1cc(OC)c(OC)cc1C#N. The number of hydrogen-bond acceptors (Lipinski definition) is 5. The first-order valence-corrected chi connectivity index (χ1v) is 5.51. The molecule has 0 unspecified atom stereocenters. The summed E-state index contributed by atoms with van der Waals surface area (Å²) < 4.78 is 15.2. The van der Waals surface area contributed by atoms with Crippen LogP contribution in [0.15, 0.2) is 12.1 Å². The van der Waals surface area contributed by atoms with Crippen LogP contribution in [0, 0.1) is 11.3 Å². The van der Waals surface area contributed by atoms with Gasteiger partial charge in [-0.1, -0.05) is 6.92 Å². The highest BCUT2D eigenvalue weighted by Crippen LogP contribution is 2.30. The van der Waals surface area contributed by atoms with Gasteiger partial charge in [-0.2, -0.15) is 5.26 Å². The zero-order chi connectivity index (χ0) is 13.5. The standard InChI is InChI=1S/C13H15NO4/c1-4-5-18-13(15)10-7-12(17-3)11(16-2)6-9(10)8-14/h6-7H,4-5H2,1-3H3. The Morgan fingerprint density at radius 2 is 1.89 bits per heavy atom. The van der Waals surface area contributed by atoms with Crippen LogP contribution in [-0.4, -0.2) is 26.8 Å². The van der Waals surface area contributed by atoms with Crippen molar-refractivity contribution >= 4 is 5.97 Å². The van der Waals surface area contributed by atoms with Crippen LogP contribution < -0.4 is 9.47 Å². The molecule has 0 aromatic heterocycles. The van der Waals surface area contributed by atoms with Gasteiger partial charge in [0.05, 0.1) is 32.0 Å². The van der Waals surface area contributed by atoms with Crippen LogP contribution in [0.5, 0.6) is 11.5 Å². The zero-order valence-corrected chi connectivity index (χ0v) is 10.6. The molecule has 1 rings (SSSR count). The van der Waals surface area contributed by atoms with Crippen molar-refractivity contribution in [3.63, 3.8) is 0 Å². The molecule has 1 aromatic carbocycles. The fraction of sp³-hybridized carbons (Fsp3) is 0.385. The van der Waals surface area contributed by atoms with E-state index < -0.39 is 5.97 Å². The molecule has 0 heterocycles. The Morgan fingerprint density at radius 1 is 1.28 bits per heavy atom. The Kier molecular flexibility index (Phi) is 5.00. The van der Waals surface area contributed by atoms with Crippen LogP contribution in [0.1, 0.15) is 29.3 Å². The lowest BCUT2D eigenvalue weighted by Crippen LogP contribution is -2.09. The molecule has 0 saturated carbocycles. The predicted molar refractivity (Wildman–Crippen MR) is 64.8 cm³/mol. The van der Waals surface area contributed by atoms with Crippen molar-refractivity contribution in [3.8, 4) is 17.6 Å². The average molecular weight is 249 g/mol. The molecule has 0 aliphatic heterocycles. The Bertz CT molecular complexity index is 477. The minimum Gasteiger partial charge on any atom is -0.493 e. The molecule has 96 valence electrons. The first kappa shape index (κ1) is 13.8. The van der Waals surface area contributed by atoms with Crippen LogP contribution >= 0.6 is 0 Å². The van der Waals surface area contributed by atoms with Gasteiger partial charge in [0.25, 0.3) is 0 Å². The van der Waals surface area contributed by atoms with Crippen molar-refractivity contribution in [1.29, 1.82) is 5.26 Å². The van der Waals surface area contributed by atoms with E-state index in [1.54, 1.807) is 0 Å². The molecule has 0 radical (unpaired) electrons. The smallest absolute Gasteiger partial charge is 0.339 e. The van der Waals surface area contributed by atoms with Crippen molar-refractivity contribution in [1.82, 2.24) is 0 Å². The highest BCUT2D eigenvalue weighted by atomic mass is 16.5. The van der Waals surface area contributed by atoms with Gasteiger partial charge < -0.3 is 14.2 Å². The van der Waals surface area contributed by atoms with E-state index in [0.717, 1.165) is 6.42 Å². The summed E-state index contributed by atoms with van der Waals surface area (Å²) in [6.07, 6.45) is 0.723. The lowest BCUT2D eigenvalue weighted by molar-refractivity contribution is 0.0504. The number of hydrogen-bond donors (Lipinski definition) is 0. The van der Waals surface area contributed by atoms with Gasteiger partial charge in [-0.25, -0.2) is 4.79 Å². The molecule has 5 heteroatoms. The first-order chi connectivity index (χ1) is 8.67. The minimum atomic E-state index is -0.533. The van der Waals surface area contributed by atoms with Gasteiger partial charge in [0.1, 0.15) is 6.07 Å². The number of nitriles is 1. The summed E-state index contributed by atoms with van der Waals surface area (Å²) >= 11 is 0. The maximum absolute atomic E-state index is 11.8. The maximum atomic E-state index is 11.8. The third kappa shape index (κ3) is 2.92. The van der Waals surface area contributed by atoms with Gasteiger partial charge in [-0.15, -0.1) is 0 Å². The second kappa shape index (κ2) is 6.50. The molecule has 0 amide bonds. The monoisotopic (exact) mass is 249 g/mol. The van der Waals surface area contributed by atoms with Gasteiger partial charge in [0.2, 0.25) is 0 Å². The Morgan fingerprint density at radius 3 is 2.39 bits per heavy atom. The zero-order valence-electron chi connectivity index (χ0n) is 10.6. The van der Waals surface area contributed by atoms with Gasteiger partial charge in [-0.05, 0) is 12.5 Å². The highest BCUT2D eigenvalue weighted by molar-refractivity contribution is 5.93. The number of ether oxygens (including phenoxy) is 3. The molecule has 18 heavy (non-hydrogen) atoms. The molecule has 0 N–H and O–H groups in total. The molecule has 0 saturated heterocycles. The Hall–Kier alpha value is -2.22. The van der Waals surface area contributed by atoms with Crippen LogP contribution in [0.3, 0.4) is 0 Å². The van der Waals surface area contributed by atoms with Crippen molar-refractivity contribution < 1.29 is 19.0 Å². The van der Waals surface area contributed by atoms with E-state index in [4.69, 9.17) is 19.5 Å². The number of benzene rings is 1. The molecule has 0 atom stereocenters. The highest BCUT2D eigenvalue weighted by Gasteiger charge is 2.17. The second-order valence-corrected chi connectivity index (χ2v) is 3.50. The van der Waals surface area contributed by atoms with E-state index in [1.165, 1.54) is 26.4 Å². The third-order valence-electron chi connectivity index (χ3n) is 2.30. The molecule has 5 nitrogen and oxygen atoms in total. The van der Waals surface area contributed by atoms with Crippen LogP contribution in [0.25, 0.3) is 0 Å². The lowest BCUT2D eigenvalue weighted by atomic mass is 10.1. The van der Waals surface area contributed by atoms with E-state index in [1.807, 2.05) is 13.0 Å².